The maximum Gasteiger partial charge on any atom is 0.416 e. The molecular formula is C54H66Cl4F3N14O18PS2. The van der Waals surface area contributed by atoms with Gasteiger partial charge in [-0.05, 0) is 98.7 Å². The van der Waals surface area contributed by atoms with Crippen LogP contribution in [0.15, 0.2) is 90.1 Å². The Morgan fingerprint density at radius 3 is 2.01 bits per heavy atom. The molecule has 0 bridgehead atoms. The number of carboxylic acid groups (broad SMARTS) is 2. The van der Waals surface area contributed by atoms with Crippen molar-refractivity contribution >= 4 is 134 Å². The number of hydrogen-bond acceptors (Lipinski definition) is 24. The Labute approximate surface area is 570 Å². The fourth-order valence-electron chi connectivity index (χ4n) is 6.73. The van der Waals surface area contributed by atoms with E-state index in [-0.39, 0.29) is 63.1 Å². The van der Waals surface area contributed by atoms with E-state index < -0.39 is 92.1 Å². The summed E-state index contributed by atoms with van der Waals surface area (Å²) >= 11 is 22.7. The van der Waals surface area contributed by atoms with Gasteiger partial charge in [0, 0.05) is 45.0 Å². The second-order valence-electron chi connectivity index (χ2n) is 19.4. The standard InChI is InChI=1S/C15H18N6O6S.C14H7ClF3NO5.C11H11Cl2NO2.C8H14ClN5.C3H8NO5P.C3H9S/c1-21(2)13(22)9-6-5-7-16-12(9)28(24,25)20-15(23)19-14-17-10(26-3)8-11(18-14)27-4;15-10-5-7(14(16,17)18)1-4-12(10)24-8-2-3-11(19(22)23)9(6-8)13(20)21;1-7-6-16-9-5-3-2-4-8(9)14(7)11(15)10(12)13;1-4-10-7-12-6(9)13-8(14-7)11-5(2)3;5-3(6)1-4-2-10(7,8)9;1-4(2)3/h5-8H,1-4H3,(H2,17,18,19,20,23);1-6H,(H,20,21);2-5,7,10H,6H2,1H3;5H,4H2,1-3H3,(H2,10,11,12,13,14);4H,1-2H2,(H,5,6)(H2,7,8,9);1-3H3/q;;;;;+1/p-1. The zero-order valence-corrected chi connectivity index (χ0v) is 58.1. The van der Waals surface area contributed by atoms with Gasteiger partial charge < -0.3 is 63.9 Å². The molecule has 0 saturated heterocycles. The number of carbonyl (C=O) groups is 5. The third-order valence-corrected chi connectivity index (χ3v) is 13.3. The lowest BCUT2D eigenvalue weighted by atomic mass is 10.1. The highest BCUT2D eigenvalue weighted by Gasteiger charge is 2.33. The number of fused-ring (bicyclic) bond motifs is 1. The zero-order chi connectivity index (χ0) is 73.0. The average Bonchev–Trinajstić information content (AvgIpc) is 0.822. The molecule has 42 heteroatoms. The number of aliphatic carboxylic acids is 1. The molecule has 8 N–H and O–H groups in total. The number of halogens is 7. The fraction of sp³-hybridized carbons (Fsp3) is 0.352. The number of aromatic carboxylic acids is 1. The van der Waals surface area contributed by atoms with E-state index in [9.17, 15) is 65.1 Å². The van der Waals surface area contributed by atoms with Crippen molar-refractivity contribution in [2.45, 2.75) is 55.8 Å². The van der Waals surface area contributed by atoms with Gasteiger partial charge in [0.25, 0.3) is 27.5 Å². The fourth-order valence-corrected chi connectivity index (χ4v) is 8.75. The molecule has 2 atom stereocenters. The summed E-state index contributed by atoms with van der Waals surface area (Å²) in [5.41, 5.74) is -1.71. The van der Waals surface area contributed by atoms with Crippen molar-refractivity contribution in [3.05, 3.63) is 122 Å². The SMILES string of the molecule is CC1COc2ccccc2N1C(=O)C(Cl)Cl.CCNc1nc(Cl)nc(NC(C)C)n1.COc1cc(OC)nc(NC(=O)NS(=O)(=O)c2ncccc2C(=O)N(C)C)n1.C[S+](C)C.O=C(O)CNCP(=O)([O-])O.O=C(O)c1cc(Oc2ccc(C(F)(F)F)cc2Cl)ccc1[N+](=O)[O-]. The second-order valence-corrected chi connectivity index (χ2v) is 26.9. The van der Waals surface area contributed by atoms with E-state index in [1.807, 2.05) is 57.3 Å². The Morgan fingerprint density at radius 2 is 1.50 bits per heavy atom. The number of carboxylic acids is 2. The maximum absolute atomic E-state index is 12.6. The topological polar surface area (TPSA) is 444 Å². The average molecular weight is 1490 g/mol. The predicted octanol–water partition coefficient (Wildman–Crippen LogP) is 7.90. The van der Waals surface area contributed by atoms with Gasteiger partial charge in [-0.2, -0.15) is 46.5 Å². The first kappa shape index (κ1) is 83.7. The lowest BCUT2D eigenvalue weighted by Crippen LogP contribution is -2.47. The van der Waals surface area contributed by atoms with Crippen molar-refractivity contribution in [3.63, 3.8) is 0 Å². The van der Waals surface area contributed by atoms with Crippen molar-refractivity contribution in [1.29, 1.82) is 0 Å². The summed E-state index contributed by atoms with van der Waals surface area (Å²) in [5.74, 6) is -2.30. The van der Waals surface area contributed by atoms with Gasteiger partial charge in [0.2, 0.25) is 34.9 Å². The van der Waals surface area contributed by atoms with Crippen LogP contribution in [0.1, 0.15) is 54.0 Å². The van der Waals surface area contributed by atoms with Crippen molar-refractivity contribution in [2.75, 3.05) is 93.9 Å². The van der Waals surface area contributed by atoms with Crippen LogP contribution in [0.5, 0.6) is 29.0 Å². The summed E-state index contributed by atoms with van der Waals surface area (Å²) in [6.45, 7) is 8.59. The number of alkyl halides is 5. The van der Waals surface area contributed by atoms with Crippen LogP contribution in [0.4, 0.5) is 47.2 Å². The minimum absolute atomic E-state index is 0.0672. The van der Waals surface area contributed by atoms with Crippen LogP contribution in [-0.4, -0.2) is 183 Å². The van der Waals surface area contributed by atoms with Crippen molar-refractivity contribution in [3.8, 4) is 29.0 Å². The van der Waals surface area contributed by atoms with Gasteiger partial charge >= 0.3 is 24.1 Å². The largest absolute Gasteiger partial charge is 0.778 e. The molecule has 6 aromatic rings. The van der Waals surface area contributed by atoms with Gasteiger partial charge in [-0.15, -0.1) is 0 Å². The van der Waals surface area contributed by atoms with Crippen molar-refractivity contribution in [1.82, 2.24) is 44.8 Å². The van der Waals surface area contributed by atoms with E-state index >= 15 is 0 Å². The number of nitro benzene ring substituents is 1. The zero-order valence-electron chi connectivity index (χ0n) is 52.5. The Morgan fingerprint density at radius 1 is 0.896 bits per heavy atom. The number of nitrogens with zero attached hydrogens (tertiary/aromatic N) is 9. The van der Waals surface area contributed by atoms with Crippen LogP contribution in [0, 0.1) is 10.1 Å². The molecule has 0 spiro atoms. The third kappa shape index (κ3) is 29.7. The minimum atomic E-state index is -4.58. The number of para-hydroxylation sites is 2. The maximum atomic E-state index is 12.6. The Bertz CT molecular complexity index is 3770. The lowest BCUT2D eigenvalue weighted by molar-refractivity contribution is -0.385. The molecular weight excluding hydrogens is 1430 g/mol. The number of nitro groups is 1. The van der Waals surface area contributed by atoms with Crippen LogP contribution in [0.2, 0.25) is 10.3 Å². The number of methoxy groups -OCH3 is 2. The second kappa shape index (κ2) is 39.6. The number of carbonyl (C=O) groups excluding carboxylic acids is 3. The Kier molecular flexibility index (Phi) is 34.5. The first-order chi connectivity index (χ1) is 44.6. The number of hydrogen-bond donors (Lipinski definition) is 8. The number of pyridine rings is 1. The first-order valence-electron chi connectivity index (χ1n) is 26.9. The number of ether oxygens (including phenoxy) is 4. The summed E-state index contributed by atoms with van der Waals surface area (Å²) in [7, 11) is -2.56. The molecule has 0 aliphatic carbocycles. The van der Waals surface area contributed by atoms with Gasteiger partial charge in [-0.3, -0.25) is 35.1 Å². The molecule has 3 aromatic carbocycles. The molecule has 4 amide bonds. The van der Waals surface area contributed by atoms with Crippen LogP contribution >= 0.6 is 54.0 Å². The highest BCUT2D eigenvalue weighted by molar-refractivity contribution is 7.94. The molecule has 0 radical (unpaired) electrons. The van der Waals surface area contributed by atoms with Gasteiger partial charge in [0.05, 0.1) is 84.7 Å². The van der Waals surface area contributed by atoms with Crippen LogP contribution in [0.25, 0.3) is 0 Å². The number of anilines is 4. The van der Waals surface area contributed by atoms with Gasteiger partial charge in [0.1, 0.15) is 37.0 Å². The highest BCUT2D eigenvalue weighted by Crippen LogP contribution is 2.38. The van der Waals surface area contributed by atoms with Crippen LogP contribution in [-0.2, 0) is 41.2 Å². The Hall–Kier alpha value is -8.39. The first-order valence-corrected chi connectivity index (χ1v) is 34.2. The number of aromatic nitrogens is 6. The smallest absolute Gasteiger partial charge is 0.416 e. The molecule has 1 aliphatic rings. The Balaban J connectivity index is 0.000000418. The summed E-state index contributed by atoms with van der Waals surface area (Å²) in [5, 5.41) is 37.1. The van der Waals surface area contributed by atoms with E-state index in [0.29, 0.717) is 41.2 Å². The number of benzene rings is 3. The monoisotopic (exact) mass is 1490 g/mol. The molecule has 4 heterocycles. The van der Waals surface area contributed by atoms with E-state index in [0.717, 1.165) is 42.6 Å². The summed E-state index contributed by atoms with van der Waals surface area (Å²) in [6.07, 6.45) is 2.49. The normalized spacial score (nSPS) is 12.7. The molecule has 7 rings (SSSR count). The van der Waals surface area contributed by atoms with Crippen molar-refractivity contribution in [2.24, 2.45) is 0 Å². The minimum Gasteiger partial charge on any atom is -0.778 e. The molecule has 32 nitrogen and oxygen atoms in total. The summed E-state index contributed by atoms with van der Waals surface area (Å²) in [4.78, 5) is 110. The number of amides is 4. The van der Waals surface area contributed by atoms with E-state index in [4.69, 9.17) is 80.5 Å². The quantitative estimate of drug-likeness (QED) is 0.0125. The molecule has 526 valence electrons. The third-order valence-electron chi connectivity index (χ3n) is 10.5. The van der Waals surface area contributed by atoms with Gasteiger partial charge in [-0.1, -0.05) is 46.9 Å². The lowest BCUT2D eigenvalue weighted by Gasteiger charge is -2.35. The molecule has 96 heavy (non-hydrogen) atoms. The van der Waals surface area contributed by atoms with E-state index in [1.54, 1.807) is 9.62 Å². The summed E-state index contributed by atoms with van der Waals surface area (Å²) < 4.78 is 95.1. The number of nitrogens with one attached hydrogen (secondary N) is 5. The molecule has 1 aliphatic heterocycles. The number of rotatable bonds is 19. The molecule has 0 saturated carbocycles. The summed E-state index contributed by atoms with van der Waals surface area (Å²) in [6, 6.07) is 15.7. The van der Waals surface area contributed by atoms with E-state index in [1.165, 1.54) is 57.6 Å². The molecule has 2 unspecified atom stereocenters. The number of sulfonamides is 1. The van der Waals surface area contributed by atoms with Crippen LogP contribution < -0.4 is 54.7 Å². The number of urea groups is 1. The van der Waals surface area contributed by atoms with Crippen LogP contribution in [0.3, 0.4) is 0 Å². The van der Waals surface area contributed by atoms with Crippen molar-refractivity contribution < 1.29 is 94.0 Å². The predicted molar refractivity (Wildman–Crippen MR) is 351 cm³/mol. The van der Waals surface area contributed by atoms with Gasteiger partial charge in [-0.25, -0.2) is 19.3 Å². The van der Waals surface area contributed by atoms with Gasteiger partial charge in [0.15, 0.2) is 9.86 Å². The molecule has 0 fully saturated rings. The van der Waals surface area contributed by atoms with E-state index in [2.05, 4.69) is 64.6 Å². The molecule has 3 aromatic heterocycles. The highest BCUT2D eigenvalue weighted by atomic mass is 35.5.